The van der Waals surface area contributed by atoms with E-state index in [1.807, 2.05) is 0 Å². The average Bonchev–Trinajstić information content (AvgIpc) is 2.78. The Morgan fingerprint density at radius 1 is 1.33 bits per heavy atom. The number of aromatic amines is 1. The van der Waals surface area contributed by atoms with Crippen molar-refractivity contribution in [3.8, 4) is 11.3 Å². The maximum atomic E-state index is 13.2. The fraction of sp³-hybridized carbons (Fsp3) is 0.273. The molecule has 4 rings (SSSR count). The largest absolute Gasteiger partial charge is 0.325 e. The van der Waals surface area contributed by atoms with Gasteiger partial charge in [-0.15, -0.1) is 0 Å². The van der Waals surface area contributed by atoms with Crippen LogP contribution in [0.2, 0.25) is 5.02 Å². The van der Waals surface area contributed by atoms with Gasteiger partial charge in [-0.1, -0.05) is 48.8 Å². The number of rotatable bonds is 6. The first-order valence-corrected chi connectivity index (χ1v) is 11.7. The fourth-order valence-electron chi connectivity index (χ4n) is 3.82. The van der Waals surface area contributed by atoms with Crippen LogP contribution in [0.3, 0.4) is 0 Å². The number of amides is 1. The number of para-hydroxylation sites is 1. The number of benzene rings is 2. The van der Waals surface area contributed by atoms with E-state index in [-0.39, 0.29) is 27.9 Å². The Hall–Kier alpha value is -3.24. The van der Waals surface area contributed by atoms with Crippen molar-refractivity contribution in [3.05, 3.63) is 73.5 Å². The molecule has 11 heteroatoms. The lowest BCUT2D eigenvalue weighted by atomic mass is 10.0. The molecule has 0 radical (unpaired) electrons. The van der Waals surface area contributed by atoms with E-state index in [0.717, 1.165) is 18.6 Å². The lowest BCUT2D eigenvalue weighted by molar-refractivity contribution is -0.763. The minimum atomic E-state index is -0.906. The highest BCUT2D eigenvalue weighted by atomic mass is 35.5. The van der Waals surface area contributed by atoms with Crippen molar-refractivity contribution >= 4 is 40.6 Å². The maximum absolute atomic E-state index is 13.2. The van der Waals surface area contributed by atoms with Gasteiger partial charge in [-0.25, -0.2) is 4.90 Å². The number of hydrogen-bond acceptors (Lipinski definition) is 6. The van der Waals surface area contributed by atoms with Crippen LogP contribution >= 0.6 is 23.4 Å². The lowest BCUT2D eigenvalue weighted by Gasteiger charge is -2.31. The van der Waals surface area contributed by atoms with E-state index in [1.54, 1.807) is 30.3 Å². The zero-order valence-electron chi connectivity index (χ0n) is 17.9. The third kappa shape index (κ3) is 4.23. The van der Waals surface area contributed by atoms with Crippen molar-refractivity contribution in [2.24, 2.45) is 0 Å². The van der Waals surface area contributed by atoms with E-state index in [2.05, 4.69) is 17.0 Å². The number of carbonyl (C=O) groups excluding carboxylic acids is 1. The highest BCUT2D eigenvalue weighted by Gasteiger charge is 2.45. The molecule has 1 aromatic heterocycles. The van der Waals surface area contributed by atoms with Crippen LogP contribution in [-0.2, 0) is 4.79 Å². The van der Waals surface area contributed by atoms with Gasteiger partial charge in [0.2, 0.25) is 11.1 Å². The van der Waals surface area contributed by atoms with E-state index in [4.69, 9.17) is 11.6 Å². The Bertz CT molecular complexity index is 1310. The number of nitro benzene ring substituents is 1. The predicted octanol–water partition coefficient (Wildman–Crippen LogP) is 4.09. The smallest absolute Gasteiger partial charge is 0.291 e. The van der Waals surface area contributed by atoms with Gasteiger partial charge in [0.15, 0.2) is 0 Å². The summed E-state index contributed by atoms with van der Waals surface area (Å²) < 4.78 is 1.48. The van der Waals surface area contributed by atoms with Gasteiger partial charge in [0, 0.05) is 23.8 Å². The van der Waals surface area contributed by atoms with Crippen molar-refractivity contribution in [2.75, 3.05) is 10.7 Å². The fourth-order valence-corrected chi connectivity index (χ4v) is 4.94. The molecule has 1 atom stereocenters. The van der Waals surface area contributed by atoms with Gasteiger partial charge in [0.1, 0.15) is 5.02 Å². The van der Waals surface area contributed by atoms with Gasteiger partial charge in [0.05, 0.1) is 21.7 Å². The standard InChI is InChI=1S/C22H20ClN5O4S/c1-3-4-11-33-22-24-20(30)19-15-7-5-6-8-17(15)26(13(2)29)21(27(19)25-22)14-9-10-16(23)18(12-14)28(31)32/h5-10,12,21H,3-4,11H2,1-2H3/p+1/t21-/m1/s1. The second-order valence-electron chi connectivity index (χ2n) is 7.50. The van der Waals surface area contributed by atoms with Crippen LogP contribution in [-0.4, -0.2) is 26.7 Å². The number of hydrogen-bond donors (Lipinski definition) is 1. The molecule has 33 heavy (non-hydrogen) atoms. The number of unbranched alkanes of at least 4 members (excludes halogenated alkanes) is 1. The first-order valence-electron chi connectivity index (χ1n) is 10.4. The van der Waals surface area contributed by atoms with Crippen LogP contribution in [0.25, 0.3) is 11.3 Å². The first-order chi connectivity index (χ1) is 15.8. The number of thioether (sulfide) groups is 1. The van der Waals surface area contributed by atoms with Gasteiger partial charge in [-0.3, -0.25) is 24.7 Å². The number of H-pyrrole nitrogens is 1. The number of nitro groups is 1. The Balaban J connectivity index is 2.00. The highest BCUT2D eigenvalue weighted by Crippen LogP contribution is 2.38. The number of nitrogens with one attached hydrogen (secondary N) is 1. The molecule has 0 unspecified atom stereocenters. The van der Waals surface area contributed by atoms with Crippen LogP contribution < -0.4 is 15.1 Å². The molecule has 0 fully saturated rings. The number of halogens is 1. The summed E-state index contributed by atoms with van der Waals surface area (Å²) >= 11 is 7.44. The highest BCUT2D eigenvalue weighted by molar-refractivity contribution is 7.99. The van der Waals surface area contributed by atoms with Crippen LogP contribution in [0.4, 0.5) is 11.4 Å². The van der Waals surface area contributed by atoms with Gasteiger partial charge in [0.25, 0.3) is 11.9 Å². The third-order valence-electron chi connectivity index (χ3n) is 5.30. The molecule has 170 valence electrons. The van der Waals surface area contributed by atoms with Crippen LogP contribution in [0.1, 0.15) is 38.4 Å². The molecule has 1 aliphatic rings. The molecule has 3 aromatic rings. The van der Waals surface area contributed by atoms with E-state index in [0.29, 0.717) is 22.0 Å². The van der Waals surface area contributed by atoms with Crippen molar-refractivity contribution < 1.29 is 14.4 Å². The Morgan fingerprint density at radius 2 is 2.09 bits per heavy atom. The minimum absolute atomic E-state index is 0.0192. The molecular formula is C22H21ClN5O4S+. The van der Waals surface area contributed by atoms with Crippen LogP contribution in [0.5, 0.6) is 0 Å². The van der Waals surface area contributed by atoms with E-state index in [9.17, 15) is 19.7 Å². The molecule has 1 N–H and O–H groups in total. The summed E-state index contributed by atoms with van der Waals surface area (Å²) in [6, 6.07) is 11.4. The molecule has 0 saturated carbocycles. The predicted molar refractivity (Wildman–Crippen MR) is 126 cm³/mol. The number of fused-ring (bicyclic) bond motifs is 3. The zero-order chi connectivity index (χ0) is 23.7. The number of anilines is 1. The Labute approximate surface area is 198 Å². The monoisotopic (exact) mass is 486 g/mol. The summed E-state index contributed by atoms with van der Waals surface area (Å²) in [5.74, 6) is 0.466. The molecule has 2 aromatic carbocycles. The molecular weight excluding hydrogens is 466 g/mol. The molecule has 2 heterocycles. The summed E-state index contributed by atoms with van der Waals surface area (Å²) in [7, 11) is 0. The number of aromatic nitrogens is 3. The van der Waals surface area contributed by atoms with E-state index < -0.39 is 11.1 Å². The number of nitrogens with zero attached hydrogens (tertiary/aromatic N) is 4. The molecule has 0 aliphatic carbocycles. The van der Waals surface area contributed by atoms with Crippen molar-refractivity contribution in [1.82, 2.24) is 10.1 Å². The van der Waals surface area contributed by atoms with Crippen LogP contribution in [0.15, 0.2) is 52.4 Å². The van der Waals surface area contributed by atoms with Gasteiger partial charge in [-0.2, -0.15) is 0 Å². The van der Waals surface area contributed by atoms with Crippen LogP contribution in [0, 0.1) is 10.1 Å². The van der Waals surface area contributed by atoms with E-state index in [1.165, 1.54) is 40.4 Å². The van der Waals surface area contributed by atoms with E-state index >= 15 is 0 Å². The third-order valence-corrected chi connectivity index (χ3v) is 6.57. The second-order valence-corrected chi connectivity index (χ2v) is 8.99. The summed E-state index contributed by atoms with van der Waals surface area (Å²) in [4.78, 5) is 41.3. The normalized spacial score (nSPS) is 14.5. The summed E-state index contributed by atoms with van der Waals surface area (Å²) in [6.45, 7) is 3.48. The van der Waals surface area contributed by atoms with Gasteiger partial charge < -0.3 is 0 Å². The lowest BCUT2D eigenvalue weighted by Crippen LogP contribution is -2.60. The summed E-state index contributed by atoms with van der Waals surface area (Å²) in [6.07, 6.45) is 1.04. The number of carbonyl (C=O) groups is 1. The molecule has 1 amide bonds. The zero-order valence-corrected chi connectivity index (χ0v) is 19.5. The minimum Gasteiger partial charge on any atom is -0.291 e. The Morgan fingerprint density at radius 3 is 2.79 bits per heavy atom. The van der Waals surface area contributed by atoms with Crippen molar-refractivity contribution in [2.45, 2.75) is 38.0 Å². The quantitative estimate of drug-likeness (QED) is 0.184. The van der Waals surface area contributed by atoms with Crippen molar-refractivity contribution in [1.29, 1.82) is 0 Å². The molecule has 0 bridgehead atoms. The Kier molecular flexibility index (Phi) is 6.48. The second kappa shape index (κ2) is 9.32. The topological polar surface area (TPSA) is 113 Å². The summed E-state index contributed by atoms with van der Waals surface area (Å²) in [5, 5.41) is 16.6. The molecule has 0 saturated heterocycles. The van der Waals surface area contributed by atoms with Gasteiger partial charge in [-0.05, 0) is 35.4 Å². The molecule has 9 nitrogen and oxygen atoms in total. The van der Waals surface area contributed by atoms with Gasteiger partial charge >= 0.3 is 11.3 Å². The molecule has 0 spiro atoms. The SMILES string of the molecule is CCCCSc1n[n+]2c(c(=O)[nH]1)-c1ccccc1N(C(C)=O)[C@H]2c1ccc(Cl)c([N+](=O)[O-])c1. The first kappa shape index (κ1) is 22.9. The summed E-state index contributed by atoms with van der Waals surface area (Å²) in [5.41, 5.74) is 1.10. The average molecular weight is 487 g/mol. The maximum Gasteiger partial charge on any atom is 0.325 e. The molecule has 1 aliphatic heterocycles. The van der Waals surface area contributed by atoms with Crippen molar-refractivity contribution in [3.63, 3.8) is 0 Å².